The van der Waals surface area contributed by atoms with Gasteiger partial charge in [-0.05, 0) is 44.5 Å². The molecule has 0 atom stereocenters. The van der Waals surface area contributed by atoms with Crippen molar-refractivity contribution < 1.29 is 9.59 Å². The van der Waals surface area contributed by atoms with Gasteiger partial charge in [0.1, 0.15) is 6.54 Å². The molecular weight excluding hydrogens is 354 g/mol. The third kappa shape index (κ3) is 4.40. The number of amides is 1. The number of Topliss-reactive ketones (excluding diaryl/α,β-unsaturated/α-hetero) is 1. The van der Waals surface area contributed by atoms with E-state index in [1.165, 1.54) is 13.0 Å². The minimum absolute atomic E-state index is 0.0878. The van der Waals surface area contributed by atoms with E-state index in [-0.39, 0.29) is 17.9 Å². The summed E-state index contributed by atoms with van der Waals surface area (Å²) in [6, 6.07) is 15.7. The fourth-order valence-corrected chi connectivity index (χ4v) is 2.96. The van der Waals surface area contributed by atoms with E-state index in [9.17, 15) is 14.4 Å². The van der Waals surface area contributed by atoms with Crippen LogP contribution in [0.15, 0.2) is 59.4 Å². The average molecular weight is 375 g/mol. The molecule has 3 aromatic rings. The van der Waals surface area contributed by atoms with Crippen LogP contribution >= 0.6 is 0 Å². The fourth-order valence-electron chi connectivity index (χ4n) is 2.96. The zero-order chi connectivity index (χ0) is 20.3. The van der Waals surface area contributed by atoms with Crippen molar-refractivity contribution in [3.8, 4) is 11.3 Å². The van der Waals surface area contributed by atoms with Crippen LogP contribution in [0.2, 0.25) is 0 Å². The molecule has 0 fully saturated rings. The molecule has 0 aliphatic heterocycles. The monoisotopic (exact) mass is 375 g/mol. The summed E-state index contributed by atoms with van der Waals surface area (Å²) in [4.78, 5) is 36.0. The lowest BCUT2D eigenvalue weighted by molar-refractivity contribution is -0.117. The van der Waals surface area contributed by atoms with Gasteiger partial charge in [0.2, 0.25) is 5.91 Å². The topological polar surface area (TPSA) is 81.1 Å². The number of ketones is 1. The Labute approximate surface area is 162 Å². The highest BCUT2D eigenvalue weighted by molar-refractivity contribution is 5.97. The summed E-state index contributed by atoms with van der Waals surface area (Å²) in [7, 11) is 0. The van der Waals surface area contributed by atoms with Gasteiger partial charge in [-0.15, -0.1) is 0 Å². The summed E-state index contributed by atoms with van der Waals surface area (Å²) >= 11 is 0. The zero-order valence-electron chi connectivity index (χ0n) is 16.0. The lowest BCUT2D eigenvalue weighted by Crippen LogP contribution is -2.29. The molecule has 1 amide bonds. The van der Waals surface area contributed by atoms with Crippen LogP contribution in [0.25, 0.3) is 11.3 Å². The van der Waals surface area contributed by atoms with Crippen LogP contribution in [-0.4, -0.2) is 21.5 Å². The first-order chi connectivity index (χ1) is 13.3. The lowest BCUT2D eigenvalue weighted by Gasteiger charge is -2.10. The van der Waals surface area contributed by atoms with E-state index in [1.54, 1.807) is 30.3 Å². The maximum Gasteiger partial charge on any atom is 0.267 e. The van der Waals surface area contributed by atoms with Crippen LogP contribution in [0.4, 0.5) is 5.69 Å². The second kappa shape index (κ2) is 8.00. The summed E-state index contributed by atoms with van der Waals surface area (Å²) in [6.45, 7) is 5.23. The Morgan fingerprint density at radius 3 is 2.54 bits per heavy atom. The Kier molecular flexibility index (Phi) is 5.49. The maximum atomic E-state index is 12.4. The second-order valence-corrected chi connectivity index (χ2v) is 6.72. The molecule has 0 aliphatic carbocycles. The van der Waals surface area contributed by atoms with E-state index in [4.69, 9.17) is 0 Å². The quantitative estimate of drug-likeness (QED) is 0.693. The van der Waals surface area contributed by atoms with Gasteiger partial charge in [0, 0.05) is 22.9 Å². The van der Waals surface area contributed by atoms with Gasteiger partial charge in [-0.2, -0.15) is 5.10 Å². The Hall–Kier alpha value is -3.54. The molecule has 1 heterocycles. The molecule has 1 N–H and O–H groups in total. The number of aryl methyl sites for hydroxylation is 2. The fraction of sp³-hybridized carbons (Fsp3) is 0.182. The van der Waals surface area contributed by atoms with E-state index >= 15 is 0 Å². The van der Waals surface area contributed by atoms with Crippen molar-refractivity contribution in [1.82, 2.24) is 9.78 Å². The number of hydrogen-bond acceptors (Lipinski definition) is 4. The number of nitrogens with zero attached hydrogens (tertiary/aromatic N) is 2. The summed E-state index contributed by atoms with van der Waals surface area (Å²) < 4.78 is 1.14. The molecule has 0 spiro atoms. The molecule has 142 valence electrons. The number of anilines is 1. The minimum Gasteiger partial charge on any atom is -0.324 e. The van der Waals surface area contributed by atoms with Gasteiger partial charge in [-0.1, -0.05) is 35.9 Å². The summed E-state index contributed by atoms with van der Waals surface area (Å²) in [5.74, 6) is -0.483. The first-order valence-electron chi connectivity index (χ1n) is 8.90. The number of rotatable bonds is 5. The van der Waals surface area contributed by atoms with Gasteiger partial charge >= 0.3 is 0 Å². The molecule has 0 saturated carbocycles. The van der Waals surface area contributed by atoms with Crippen molar-refractivity contribution in [1.29, 1.82) is 0 Å². The molecular formula is C22H21N3O3. The predicted molar refractivity (Wildman–Crippen MR) is 108 cm³/mol. The maximum absolute atomic E-state index is 12.4. The Morgan fingerprint density at radius 1 is 1.04 bits per heavy atom. The van der Waals surface area contributed by atoms with Gasteiger partial charge < -0.3 is 5.32 Å². The van der Waals surface area contributed by atoms with Crippen LogP contribution in [0.1, 0.15) is 28.4 Å². The van der Waals surface area contributed by atoms with Crippen LogP contribution in [0.3, 0.4) is 0 Å². The largest absolute Gasteiger partial charge is 0.324 e. The molecule has 6 heteroatoms. The van der Waals surface area contributed by atoms with E-state index in [1.807, 2.05) is 32.0 Å². The highest BCUT2D eigenvalue weighted by Gasteiger charge is 2.10. The van der Waals surface area contributed by atoms with Crippen molar-refractivity contribution in [2.24, 2.45) is 0 Å². The predicted octanol–water partition coefficient (Wildman–Crippen LogP) is 3.37. The summed E-state index contributed by atoms with van der Waals surface area (Å²) in [5.41, 5.74) is 4.37. The zero-order valence-corrected chi connectivity index (χ0v) is 16.0. The number of aromatic nitrogens is 2. The third-order valence-electron chi connectivity index (χ3n) is 4.37. The number of nitrogens with one attached hydrogen (secondary N) is 1. The van der Waals surface area contributed by atoms with E-state index < -0.39 is 5.91 Å². The molecule has 6 nitrogen and oxygen atoms in total. The van der Waals surface area contributed by atoms with Crippen LogP contribution in [-0.2, 0) is 11.3 Å². The van der Waals surface area contributed by atoms with Crippen molar-refractivity contribution in [3.63, 3.8) is 0 Å². The highest BCUT2D eigenvalue weighted by atomic mass is 16.2. The molecule has 0 bridgehead atoms. The Morgan fingerprint density at radius 2 is 1.82 bits per heavy atom. The van der Waals surface area contributed by atoms with E-state index in [0.29, 0.717) is 16.9 Å². The normalized spacial score (nSPS) is 10.5. The van der Waals surface area contributed by atoms with Crippen molar-refractivity contribution in [3.05, 3.63) is 81.6 Å². The van der Waals surface area contributed by atoms with Crippen molar-refractivity contribution >= 4 is 17.4 Å². The SMILES string of the molecule is CC(=O)c1cccc(NC(=O)Cn2nc(-c3ccc(C)cc3C)ccc2=O)c1. The lowest BCUT2D eigenvalue weighted by atomic mass is 10.0. The first kappa shape index (κ1) is 19.2. The standard InChI is InChI=1S/C22H21N3O3/c1-14-7-8-19(15(2)11-14)20-9-10-22(28)25(24-20)13-21(27)23-18-6-4-5-17(12-18)16(3)26/h4-12H,13H2,1-3H3,(H,23,27). The third-order valence-corrected chi connectivity index (χ3v) is 4.37. The molecule has 0 aliphatic rings. The van der Waals surface area contributed by atoms with Crippen molar-refractivity contribution in [2.45, 2.75) is 27.3 Å². The highest BCUT2D eigenvalue weighted by Crippen LogP contribution is 2.21. The number of carbonyl (C=O) groups excluding carboxylic acids is 2. The summed E-state index contributed by atoms with van der Waals surface area (Å²) in [5, 5.41) is 7.05. The molecule has 0 radical (unpaired) electrons. The average Bonchev–Trinajstić information content (AvgIpc) is 2.64. The van der Waals surface area contributed by atoms with E-state index in [0.717, 1.165) is 21.4 Å². The minimum atomic E-state index is -0.395. The van der Waals surface area contributed by atoms with E-state index in [2.05, 4.69) is 10.4 Å². The number of hydrogen-bond donors (Lipinski definition) is 1. The van der Waals surface area contributed by atoms with Gasteiger partial charge in [0.15, 0.2) is 5.78 Å². The number of benzene rings is 2. The smallest absolute Gasteiger partial charge is 0.267 e. The first-order valence-corrected chi connectivity index (χ1v) is 8.90. The van der Waals surface area contributed by atoms with Crippen molar-refractivity contribution in [2.75, 3.05) is 5.32 Å². The molecule has 2 aromatic carbocycles. The molecule has 3 rings (SSSR count). The van der Waals surface area contributed by atoms with Crippen LogP contribution in [0, 0.1) is 13.8 Å². The van der Waals surface area contributed by atoms with Gasteiger partial charge in [0.25, 0.3) is 5.56 Å². The molecule has 28 heavy (non-hydrogen) atoms. The van der Waals surface area contributed by atoms with Crippen LogP contribution in [0.5, 0.6) is 0 Å². The van der Waals surface area contributed by atoms with Gasteiger partial charge in [-0.25, -0.2) is 4.68 Å². The number of carbonyl (C=O) groups is 2. The summed E-state index contributed by atoms with van der Waals surface area (Å²) in [6.07, 6.45) is 0. The second-order valence-electron chi connectivity index (χ2n) is 6.72. The van der Waals surface area contributed by atoms with Crippen LogP contribution < -0.4 is 10.9 Å². The van der Waals surface area contributed by atoms with Gasteiger partial charge in [-0.3, -0.25) is 14.4 Å². The molecule has 0 saturated heterocycles. The Balaban J connectivity index is 1.82. The van der Waals surface area contributed by atoms with Gasteiger partial charge in [0.05, 0.1) is 5.69 Å². The molecule has 1 aromatic heterocycles. The molecule has 0 unspecified atom stereocenters. The Bertz CT molecular complexity index is 1120.